The number of amides is 2. The van der Waals surface area contributed by atoms with E-state index in [0.717, 1.165) is 12.0 Å². The summed E-state index contributed by atoms with van der Waals surface area (Å²) in [4.78, 5) is 23.4. The highest BCUT2D eigenvalue weighted by Gasteiger charge is 2.28. The molecule has 1 saturated heterocycles. The standard InChI is InChI=1S/C14H15N3O4/c18-13-10(2-1-5-15-13)14(19)17-16-7-9-3-4-11-12(6-9)21-8-20-11/h3-4,6-7,10H,1-2,5,8H2,(H,15,18)(H,17,19)/t10-/m0/s1. The third-order valence-electron chi connectivity index (χ3n) is 3.39. The molecule has 0 spiro atoms. The van der Waals surface area contributed by atoms with Crippen molar-refractivity contribution in [3.63, 3.8) is 0 Å². The van der Waals surface area contributed by atoms with E-state index in [1.807, 2.05) is 0 Å². The number of rotatable bonds is 3. The van der Waals surface area contributed by atoms with Crippen molar-refractivity contribution in [1.82, 2.24) is 10.7 Å². The molecule has 1 aromatic carbocycles. The number of hydrogen-bond acceptors (Lipinski definition) is 5. The van der Waals surface area contributed by atoms with Crippen molar-refractivity contribution in [3.05, 3.63) is 23.8 Å². The maximum Gasteiger partial charge on any atom is 0.252 e. The first-order valence-corrected chi connectivity index (χ1v) is 6.74. The van der Waals surface area contributed by atoms with Crippen molar-refractivity contribution in [2.24, 2.45) is 11.0 Å². The lowest BCUT2D eigenvalue weighted by Gasteiger charge is -2.19. The van der Waals surface area contributed by atoms with Gasteiger partial charge < -0.3 is 14.8 Å². The largest absolute Gasteiger partial charge is 0.454 e. The predicted octanol–water partition coefficient (Wildman–Crippen LogP) is 0.392. The molecule has 1 fully saturated rings. The number of hydrogen-bond donors (Lipinski definition) is 2. The van der Waals surface area contributed by atoms with Crippen LogP contribution >= 0.6 is 0 Å². The summed E-state index contributed by atoms with van der Waals surface area (Å²) in [5.41, 5.74) is 3.17. The fourth-order valence-electron chi connectivity index (χ4n) is 2.26. The highest BCUT2D eigenvalue weighted by Crippen LogP contribution is 2.31. The van der Waals surface area contributed by atoms with E-state index in [1.54, 1.807) is 18.2 Å². The van der Waals surface area contributed by atoms with Crippen LogP contribution in [-0.2, 0) is 9.59 Å². The van der Waals surface area contributed by atoms with Gasteiger partial charge in [0.05, 0.1) is 6.21 Å². The molecule has 0 unspecified atom stereocenters. The highest BCUT2D eigenvalue weighted by atomic mass is 16.7. The van der Waals surface area contributed by atoms with Crippen LogP contribution in [-0.4, -0.2) is 31.4 Å². The average Bonchev–Trinajstić information content (AvgIpc) is 2.95. The van der Waals surface area contributed by atoms with Crippen LogP contribution < -0.4 is 20.2 Å². The molecule has 1 aromatic rings. The summed E-state index contributed by atoms with van der Waals surface area (Å²) in [6.07, 6.45) is 2.85. The molecule has 2 amide bonds. The van der Waals surface area contributed by atoms with Crippen LogP contribution in [0.2, 0.25) is 0 Å². The second kappa shape index (κ2) is 5.82. The van der Waals surface area contributed by atoms with Crippen molar-refractivity contribution in [1.29, 1.82) is 0 Å². The van der Waals surface area contributed by atoms with E-state index in [4.69, 9.17) is 9.47 Å². The summed E-state index contributed by atoms with van der Waals surface area (Å²) < 4.78 is 10.5. The Bertz CT molecular complexity index is 600. The lowest BCUT2D eigenvalue weighted by atomic mass is 9.98. The molecule has 21 heavy (non-hydrogen) atoms. The predicted molar refractivity (Wildman–Crippen MR) is 74.0 cm³/mol. The second-order valence-corrected chi connectivity index (χ2v) is 4.83. The summed E-state index contributed by atoms with van der Waals surface area (Å²) in [5, 5.41) is 6.54. The number of carbonyl (C=O) groups is 2. The van der Waals surface area contributed by atoms with Gasteiger partial charge in [0.2, 0.25) is 12.7 Å². The molecule has 110 valence electrons. The average molecular weight is 289 g/mol. The van der Waals surface area contributed by atoms with Gasteiger partial charge in [-0.3, -0.25) is 9.59 Å². The molecule has 7 heteroatoms. The highest BCUT2D eigenvalue weighted by molar-refractivity contribution is 6.00. The Labute approximate surface area is 121 Å². The van der Waals surface area contributed by atoms with Crippen molar-refractivity contribution in [3.8, 4) is 11.5 Å². The van der Waals surface area contributed by atoms with Gasteiger partial charge in [-0.05, 0) is 36.6 Å². The van der Waals surface area contributed by atoms with Crippen LogP contribution in [0, 0.1) is 5.92 Å². The van der Waals surface area contributed by atoms with Gasteiger partial charge in [0, 0.05) is 6.54 Å². The van der Waals surface area contributed by atoms with E-state index < -0.39 is 5.92 Å². The minimum atomic E-state index is -0.660. The Morgan fingerprint density at radius 1 is 1.38 bits per heavy atom. The molecule has 1 atom stereocenters. The Hall–Kier alpha value is -2.57. The summed E-state index contributed by atoms with van der Waals surface area (Å²) >= 11 is 0. The fraction of sp³-hybridized carbons (Fsp3) is 0.357. The molecule has 2 N–H and O–H groups in total. The molecular formula is C14H15N3O4. The summed E-state index contributed by atoms with van der Waals surface area (Å²) in [6, 6.07) is 5.35. The Morgan fingerprint density at radius 3 is 3.10 bits per heavy atom. The molecule has 2 aliphatic heterocycles. The normalized spacial score (nSPS) is 20.4. The molecular weight excluding hydrogens is 274 g/mol. The number of hydrazone groups is 1. The third kappa shape index (κ3) is 2.96. The van der Waals surface area contributed by atoms with Crippen LogP contribution in [0.3, 0.4) is 0 Å². The Kier molecular flexibility index (Phi) is 3.72. The maximum absolute atomic E-state index is 11.9. The van der Waals surface area contributed by atoms with E-state index in [9.17, 15) is 9.59 Å². The zero-order valence-electron chi connectivity index (χ0n) is 11.3. The molecule has 0 aromatic heterocycles. The lowest BCUT2D eigenvalue weighted by molar-refractivity contribution is -0.136. The summed E-state index contributed by atoms with van der Waals surface area (Å²) in [5.74, 6) is 0.0564. The quantitative estimate of drug-likeness (QED) is 0.478. The van der Waals surface area contributed by atoms with Gasteiger partial charge in [-0.2, -0.15) is 5.10 Å². The van der Waals surface area contributed by atoms with E-state index in [1.165, 1.54) is 6.21 Å². The molecule has 7 nitrogen and oxygen atoms in total. The van der Waals surface area contributed by atoms with Crippen LogP contribution in [0.5, 0.6) is 11.5 Å². The molecule has 3 rings (SSSR count). The van der Waals surface area contributed by atoms with Gasteiger partial charge in [-0.1, -0.05) is 0 Å². The molecule has 0 saturated carbocycles. The number of carbonyl (C=O) groups excluding carboxylic acids is 2. The van der Waals surface area contributed by atoms with E-state index in [-0.39, 0.29) is 18.6 Å². The van der Waals surface area contributed by atoms with E-state index >= 15 is 0 Å². The number of nitrogens with one attached hydrogen (secondary N) is 2. The van der Waals surface area contributed by atoms with Crippen molar-refractivity contribution in [2.75, 3.05) is 13.3 Å². The SMILES string of the molecule is O=C1NCCC[C@@H]1C(=O)NN=Cc1ccc2c(c1)OCO2. The molecule has 0 aliphatic carbocycles. The van der Waals surface area contributed by atoms with Gasteiger partial charge >= 0.3 is 0 Å². The van der Waals surface area contributed by atoms with Gasteiger partial charge in [-0.25, -0.2) is 5.43 Å². The van der Waals surface area contributed by atoms with Crippen LogP contribution in [0.4, 0.5) is 0 Å². The van der Waals surface area contributed by atoms with E-state index in [0.29, 0.717) is 24.5 Å². The number of ether oxygens (including phenoxy) is 2. The Morgan fingerprint density at radius 2 is 2.24 bits per heavy atom. The maximum atomic E-state index is 11.9. The van der Waals surface area contributed by atoms with Gasteiger partial charge in [-0.15, -0.1) is 0 Å². The number of benzene rings is 1. The summed E-state index contributed by atoms with van der Waals surface area (Å²) in [7, 11) is 0. The fourth-order valence-corrected chi connectivity index (χ4v) is 2.26. The second-order valence-electron chi connectivity index (χ2n) is 4.83. The molecule has 2 aliphatic rings. The molecule has 0 radical (unpaired) electrons. The summed E-state index contributed by atoms with van der Waals surface area (Å²) in [6.45, 7) is 0.840. The van der Waals surface area contributed by atoms with Gasteiger partial charge in [0.1, 0.15) is 5.92 Å². The number of fused-ring (bicyclic) bond motifs is 1. The topological polar surface area (TPSA) is 89.0 Å². The smallest absolute Gasteiger partial charge is 0.252 e. The minimum Gasteiger partial charge on any atom is -0.454 e. The van der Waals surface area contributed by atoms with Crippen LogP contribution in [0.25, 0.3) is 0 Å². The number of nitrogens with zero attached hydrogens (tertiary/aromatic N) is 1. The first-order chi connectivity index (χ1) is 10.2. The lowest BCUT2D eigenvalue weighted by Crippen LogP contribution is -2.43. The van der Waals surface area contributed by atoms with Gasteiger partial charge in [0.15, 0.2) is 11.5 Å². The number of piperidine rings is 1. The zero-order chi connectivity index (χ0) is 14.7. The first kappa shape index (κ1) is 13.4. The van der Waals surface area contributed by atoms with Crippen molar-refractivity contribution >= 4 is 18.0 Å². The van der Waals surface area contributed by atoms with Gasteiger partial charge in [0.25, 0.3) is 5.91 Å². The van der Waals surface area contributed by atoms with Crippen LogP contribution in [0.1, 0.15) is 18.4 Å². The monoisotopic (exact) mass is 289 g/mol. The molecule has 2 heterocycles. The van der Waals surface area contributed by atoms with Crippen molar-refractivity contribution < 1.29 is 19.1 Å². The first-order valence-electron chi connectivity index (χ1n) is 6.74. The van der Waals surface area contributed by atoms with Crippen molar-refractivity contribution in [2.45, 2.75) is 12.8 Å². The van der Waals surface area contributed by atoms with E-state index in [2.05, 4.69) is 15.8 Å². The Balaban J connectivity index is 1.59. The minimum absolute atomic E-state index is 0.212. The zero-order valence-corrected chi connectivity index (χ0v) is 11.3. The van der Waals surface area contributed by atoms with Crippen LogP contribution in [0.15, 0.2) is 23.3 Å². The molecule has 0 bridgehead atoms. The third-order valence-corrected chi connectivity index (χ3v) is 3.39.